The van der Waals surface area contributed by atoms with Crippen molar-refractivity contribution in [3.8, 4) is 17.2 Å². The van der Waals surface area contributed by atoms with E-state index < -0.39 is 5.97 Å². The summed E-state index contributed by atoms with van der Waals surface area (Å²) in [5, 5.41) is 12.5. The molecule has 8 nitrogen and oxygen atoms in total. The van der Waals surface area contributed by atoms with Crippen LogP contribution in [0.1, 0.15) is 21.5 Å². The standard InChI is InChI=1S/C26H21ClN2O6S/c1-33-19-9-7-18(8-10-19)28-26-29-24(30)22(36-26)13-16-11-20(27)23(21(12-16)34-2)35-14-15-3-5-17(6-4-15)25(31)32/h3-13H,14H2,1-2H3,(H,31,32)(H,28,29,30)/b22-13+. The number of aromatic carboxylic acids is 1. The molecular formula is C26H21ClN2O6S. The summed E-state index contributed by atoms with van der Waals surface area (Å²) in [5.41, 5.74) is 2.30. The quantitative estimate of drug-likeness (QED) is 0.373. The van der Waals surface area contributed by atoms with Gasteiger partial charge in [-0.25, -0.2) is 9.79 Å². The van der Waals surface area contributed by atoms with Crippen molar-refractivity contribution in [2.24, 2.45) is 4.99 Å². The van der Waals surface area contributed by atoms with Crippen LogP contribution >= 0.6 is 23.4 Å². The van der Waals surface area contributed by atoms with Gasteiger partial charge in [-0.2, -0.15) is 0 Å². The number of carboxylic acids is 1. The Balaban J connectivity index is 1.49. The van der Waals surface area contributed by atoms with Gasteiger partial charge in [0.2, 0.25) is 0 Å². The summed E-state index contributed by atoms with van der Waals surface area (Å²) in [7, 11) is 3.08. The topological polar surface area (TPSA) is 106 Å². The van der Waals surface area contributed by atoms with Gasteiger partial charge in [0.15, 0.2) is 16.7 Å². The molecule has 1 aliphatic heterocycles. The Morgan fingerprint density at radius 3 is 2.44 bits per heavy atom. The van der Waals surface area contributed by atoms with E-state index in [-0.39, 0.29) is 18.1 Å². The molecular weight excluding hydrogens is 504 g/mol. The lowest BCUT2D eigenvalue weighted by Gasteiger charge is -2.13. The maximum atomic E-state index is 12.5. The van der Waals surface area contributed by atoms with E-state index in [1.54, 1.807) is 61.7 Å². The van der Waals surface area contributed by atoms with E-state index in [1.165, 1.54) is 31.0 Å². The average molecular weight is 525 g/mol. The van der Waals surface area contributed by atoms with Gasteiger partial charge in [0.1, 0.15) is 12.4 Å². The fourth-order valence-electron chi connectivity index (χ4n) is 3.27. The largest absolute Gasteiger partial charge is 0.497 e. The number of carboxylic acid groups (broad SMARTS) is 1. The smallest absolute Gasteiger partial charge is 0.335 e. The second-order valence-corrected chi connectivity index (χ2v) is 8.94. The summed E-state index contributed by atoms with van der Waals surface area (Å²) in [5.74, 6) is 0.190. The number of nitrogens with one attached hydrogen (secondary N) is 1. The van der Waals surface area contributed by atoms with E-state index >= 15 is 0 Å². The molecule has 2 N–H and O–H groups in total. The molecule has 3 aromatic carbocycles. The van der Waals surface area contributed by atoms with Gasteiger partial charge in [-0.05, 0) is 77.5 Å². The van der Waals surface area contributed by atoms with Gasteiger partial charge in [-0.3, -0.25) is 4.79 Å². The highest BCUT2D eigenvalue weighted by atomic mass is 35.5. The van der Waals surface area contributed by atoms with Crippen LogP contribution < -0.4 is 19.5 Å². The Labute approximate surface area is 216 Å². The predicted octanol–water partition coefficient (Wildman–Crippen LogP) is 5.53. The number of halogens is 1. The van der Waals surface area contributed by atoms with Crippen LogP contribution in [-0.2, 0) is 11.4 Å². The third-order valence-electron chi connectivity index (χ3n) is 5.09. The Morgan fingerprint density at radius 2 is 1.81 bits per heavy atom. The van der Waals surface area contributed by atoms with Gasteiger partial charge in [-0.1, -0.05) is 23.7 Å². The minimum atomic E-state index is -0.995. The molecule has 3 aromatic rings. The molecule has 1 aliphatic rings. The summed E-state index contributed by atoms with van der Waals surface area (Å²) in [6.45, 7) is 0.167. The van der Waals surface area contributed by atoms with Crippen LogP contribution in [-0.4, -0.2) is 36.4 Å². The molecule has 36 heavy (non-hydrogen) atoms. The minimum absolute atomic E-state index is 0.167. The zero-order valence-electron chi connectivity index (χ0n) is 19.3. The summed E-state index contributed by atoms with van der Waals surface area (Å²) < 4.78 is 16.5. The first kappa shape index (κ1) is 25.2. The number of carbonyl (C=O) groups is 2. The molecule has 1 fully saturated rings. The first-order chi connectivity index (χ1) is 17.4. The molecule has 0 unspecified atom stereocenters. The predicted molar refractivity (Wildman–Crippen MR) is 140 cm³/mol. The van der Waals surface area contributed by atoms with Crippen molar-refractivity contribution in [2.75, 3.05) is 14.2 Å². The third kappa shape index (κ3) is 5.99. The number of hydrogen-bond acceptors (Lipinski definition) is 7. The van der Waals surface area contributed by atoms with E-state index in [9.17, 15) is 9.59 Å². The highest BCUT2D eigenvalue weighted by Gasteiger charge is 2.24. The summed E-state index contributed by atoms with van der Waals surface area (Å²) in [6, 6.07) is 16.9. The number of benzene rings is 3. The molecule has 0 bridgehead atoms. The highest BCUT2D eigenvalue weighted by Crippen LogP contribution is 2.38. The van der Waals surface area contributed by atoms with Gasteiger partial charge >= 0.3 is 5.97 Å². The van der Waals surface area contributed by atoms with Crippen LogP contribution in [0.5, 0.6) is 17.2 Å². The van der Waals surface area contributed by atoms with Crippen LogP contribution in [0, 0.1) is 0 Å². The lowest BCUT2D eigenvalue weighted by Crippen LogP contribution is -2.19. The number of amidine groups is 1. The lowest BCUT2D eigenvalue weighted by atomic mass is 10.1. The molecule has 0 saturated carbocycles. The SMILES string of the molecule is COc1ccc(N=C2NC(=O)/C(=C\c3cc(Cl)c(OCc4ccc(C(=O)O)cc4)c(OC)c3)S2)cc1. The van der Waals surface area contributed by atoms with Crippen molar-refractivity contribution >= 4 is 52.2 Å². The second-order valence-electron chi connectivity index (χ2n) is 7.50. The maximum absolute atomic E-state index is 12.5. The Hall–Kier alpha value is -3.95. The molecule has 0 atom stereocenters. The molecule has 1 heterocycles. The fourth-order valence-corrected chi connectivity index (χ4v) is 4.38. The zero-order chi connectivity index (χ0) is 25.7. The van der Waals surface area contributed by atoms with Gasteiger partial charge in [-0.15, -0.1) is 0 Å². The molecule has 1 saturated heterocycles. The number of rotatable bonds is 8. The van der Waals surface area contributed by atoms with Crippen LogP contribution in [0.2, 0.25) is 5.02 Å². The number of methoxy groups -OCH3 is 2. The van der Waals surface area contributed by atoms with Crippen LogP contribution in [0.4, 0.5) is 5.69 Å². The summed E-state index contributed by atoms with van der Waals surface area (Å²) in [6.07, 6.45) is 1.69. The van der Waals surface area contributed by atoms with Crippen LogP contribution in [0.3, 0.4) is 0 Å². The van der Waals surface area contributed by atoms with Gasteiger partial charge < -0.3 is 24.6 Å². The zero-order valence-corrected chi connectivity index (χ0v) is 20.9. The van der Waals surface area contributed by atoms with E-state index in [1.807, 2.05) is 0 Å². The Bertz CT molecular complexity index is 1350. The number of thioether (sulfide) groups is 1. The molecule has 0 aliphatic carbocycles. The molecule has 184 valence electrons. The normalized spacial score (nSPS) is 15.1. The number of amides is 1. The van der Waals surface area contributed by atoms with Crippen molar-refractivity contribution < 1.29 is 28.9 Å². The van der Waals surface area contributed by atoms with Crippen LogP contribution in [0.25, 0.3) is 6.08 Å². The van der Waals surface area contributed by atoms with Crippen molar-refractivity contribution in [1.82, 2.24) is 5.32 Å². The molecule has 4 rings (SSSR count). The number of carbonyl (C=O) groups excluding carboxylic acids is 1. The molecule has 1 amide bonds. The molecule has 0 radical (unpaired) electrons. The van der Waals surface area contributed by atoms with Gasteiger partial charge in [0.05, 0.1) is 35.4 Å². The Morgan fingerprint density at radius 1 is 1.08 bits per heavy atom. The second kappa shape index (κ2) is 11.2. The number of ether oxygens (including phenoxy) is 3. The van der Waals surface area contributed by atoms with Crippen LogP contribution in [0.15, 0.2) is 70.6 Å². The average Bonchev–Trinajstić information content (AvgIpc) is 3.21. The van der Waals surface area contributed by atoms with Gasteiger partial charge in [0.25, 0.3) is 5.91 Å². The summed E-state index contributed by atoms with van der Waals surface area (Å²) >= 11 is 7.69. The van der Waals surface area contributed by atoms with Crippen molar-refractivity contribution in [3.63, 3.8) is 0 Å². The van der Waals surface area contributed by atoms with E-state index in [0.717, 1.165) is 11.3 Å². The fraction of sp³-hybridized carbons (Fsp3) is 0.115. The number of nitrogens with zero attached hydrogens (tertiary/aromatic N) is 1. The number of aliphatic imine (C=N–C) groups is 1. The Kier molecular flexibility index (Phi) is 7.82. The summed E-state index contributed by atoms with van der Waals surface area (Å²) in [4.78, 5) is 28.4. The molecule has 10 heteroatoms. The molecule has 0 aromatic heterocycles. The minimum Gasteiger partial charge on any atom is -0.497 e. The van der Waals surface area contributed by atoms with E-state index in [2.05, 4.69) is 10.3 Å². The van der Waals surface area contributed by atoms with E-state index in [0.29, 0.717) is 37.8 Å². The third-order valence-corrected chi connectivity index (χ3v) is 6.28. The van der Waals surface area contributed by atoms with Crippen molar-refractivity contribution in [1.29, 1.82) is 0 Å². The van der Waals surface area contributed by atoms with E-state index in [4.69, 9.17) is 30.9 Å². The number of hydrogen-bond donors (Lipinski definition) is 2. The van der Waals surface area contributed by atoms with Crippen molar-refractivity contribution in [2.45, 2.75) is 6.61 Å². The van der Waals surface area contributed by atoms with Gasteiger partial charge in [0, 0.05) is 0 Å². The maximum Gasteiger partial charge on any atom is 0.335 e. The first-order valence-corrected chi connectivity index (χ1v) is 11.8. The van der Waals surface area contributed by atoms with Crippen molar-refractivity contribution in [3.05, 3.63) is 87.3 Å². The molecule has 0 spiro atoms. The monoisotopic (exact) mass is 524 g/mol. The highest BCUT2D eigenvalue weighted by molar-refractivity contribution is 8.18. The lowest BCUT2D eigenvalue weighted by molar-refractivity contribution is -0.115. The first-order valence-electron chi connectivity index (χ1n) is 10.6.